The van der Waals surface area contributed by atoms with Crippen LogP contribution in [0.4, 0.5) is 13.2 Å². The van der Waals surface area contributed by atoms with Gasteiger partial charge >= 0.3 is 6.18 Å². The Labute approximate surface area is 158 Å². The molecule has 1 heterocycles. The first-order chi connectivity index (χ1) is 12.8. The van der Waals surface area contributed by atoms with Crippen molar-refractivity contribution < 1.29 is 18.3 Å². The van der Waals surface area contributed by atoms with Crippen LogP contribution in [0.25, 0.3) is 5.57 Å². The fourth-order valence-corrected chi connectivity index (χ4v) is 5.16. The lowest BCUT2D eigenvalue weighted by Gasteiger charge is -2.47. The van der Waals surface area contributed by atoms with E-state index in [1.807, 2.05) is 11.9 Å². The number of nitrogens with zero attached hydrogens (tertiary/aromatic N) is 1. The van der Waals surface area contributed by atoms with Crippen LogP contribution in [0.2, 0.25) is 0 Å². The molecule has 0 spiro atoms. The van der Waals surface area contributed by atoms with Gasteiger partial charge < -0.3 is 10.0 Å². The van der Waals surface area contributed by atoms with Crippen LogP contribution in [0.15, 0.2) is 24.4 Å². The lowest BCUT2D eigenvalue weighted by atomic mass is 9.61. The number of fused-ring (bicyclic) bond motifs is 4. The fourth-order valence-electron chi connectivity index (χ4n) is 5.16. The van der Waals surface area contributed by atoms with Crippen LogP contribution >= 0.6 is 0 Å². The van der Waals surface area contributed by atoms with Crippen molar-refractivity contribution in [3.8, 4) is 0 Å². The van der Waals surface area contributed by atoms with Crippen LogP contribution in [0, 0.1) is 11.3 Å². The van der Waals surface area contributed by atoms with Gasteiger partial charge in [0.15, 0.2) is 0 Å². The van der Waals surface area contributed by atoms with Crippen molar-refractivity contribution in [2.24, 2.45) is 11.3 Å². The van der Waals surface area contributed by atoms with Crippen LogP contribution in [-0.2, 0) is 12.7 Å². The molecular weight excluding hydrogens is 353 g/mol. The summed E-state index contributed by atoms with van der Waals surface area (Å²) in [5, 5.41) is 14.0. The molecule has 2 bridgehead atoms. The number of nitrogens with one attached hydrogen (secondary N) is 1. The van der Waals surface area contributed by atoms with E-state index in [9.17, 15) is 18.3 Å². The Morgan fingerprint density at radius 1 is 1.22 bits per heavy atom. The highest BCUT2D eigenvalue weighted by molar-refractivity contribution is 5.75. The third-order valence-corrected chi connectivity index (χ3v) is 6.74. The molecule has 1 aromatic carbocycles. The summed E-state index contributed by atoms with van der Waals surface area (Å²) in [7, 11) is 1.82. The molecule has 148 valence electrons. The first-order valence-corrected chi connectivity index (χ1v) is 9.80. The van der Waals surface area contributed by atoms with Crippen LogP contribution < -0.4 is 5.32 Å². The third kappa shape index (κ3) is 3.61. The molecule has 0 amide bonds. The molecule has 1 aliphatic heterocycles. The van der Waals surface area contributed by atoms with Gasteiger partial charge in [-0.25, -0.2) is 0 Å². The van der Waals surface area contributed by atoms with Crippen LogP contribution in [0.1, 0.15) is 55.2 Å². The highest BCUT2D eigenvalue weighted by Gasteiger charge is 2.41. The summed E-state index contributed by atoms with van der Waals surface area (Å²) in [5.41, 5.74) is 0.572. The Hall–Kier alpha value is -1.53. The number of aliphatic hydroxyl groups excluding tert-OH is 1. The van der Waals surface area contributed by atoms with E-state index in [1.54, 1.807) is 12.3 Å². The highest BCUT2D eigenvalue weighted by Crippen LogP contribution is 2.50. The van der Waals surface area contributed by atoms with E-state index in [-0.39, 0.29) is 11.0 Å². The van der Waals surface area contributed by atoms with Crippen molar-refractivity contribution >= 4 is 5.57 Å². The largest absolute Gasteiger partial charge is 0.417 e. The van der Waals surface area contributed by atoms with Crippen molar-refractivity contribution in [1.29, 1.82) is 0 Å². The van der Waals surface area contributed by atoms with E-state index >= 15 is 0 Å². The average molecular weight is 380 g/mol. The number of halogens is 3. The van der Waals surface area contributed by atoms with Gasteiger partial charge in [-0.05, 0) is 61.5 Å². The van der Waals surface area contributed by atoms with E-state index in [0.717, 1.165) is 31.2 Å². The molecule has 1 aromatic rings. The predicted molar refractivity (Wildman–Crippen MR) is 98.5 cm³/mol. The number of alkyl halides is 3. The average Bonchev–Trinajstić information content (AvgIpc) is 2.65. The molecule has 3 fully saturated rings. The Bertz CT molecular complexity index is 722. The van der Waals surface area contributed by atoms with Crippen LogP contribution in [0.5, 0.6) is 0 Å². The SMILES string of the molecule is CN1C=C(C(O)NCC23CCC(CC2)CC3)c2c(cccc2C(F)(F)F)C1. The highest BCUT2D eigenvalue weighted by atomic mass is 19.4. The second-order valence-electron chi connectivity index (χ2n) is 8.60. The Kier molecular flexibility index (Phi) is 4.75. The topological polar surface area (TPSA) is 35.5 Å². The van der Waals surface area contributed by atoms with Crippen LogP contribution in [-0.4, -0.2) is 29.8 Å². The quantitative estimate of drug-likeness (QED) is 0.762. The maximum atomic E-state index is 13.6. The summed E-state index contributed by atoms with van der Waals surface area (Å²) in [6, 6.07) is 4.26. The maximum absolute atomic E-state index is 13.6. The molecule has 3 nitrogen and oxygen atoms in total. The Balaban J connectivity index is 1.58. The Morgan fingerprint density at radius 3 is 2.52 bits per heavy atom. The number of aliphatic hydroxyl groups is 1. The smallest absolute Gasteiger partial charge is 0.376 e. The first kappa shape index (κ1) is 18.8. The molecule has 2 N–H and O–H groups in total. The van der Waals surface area contributed by atoms with Gasteiger partial charge in [-0.1, -0.05) is 12.1 Å². The summed E-state index contributed by atoms with van der Waals surface area (Å²) in [5.74, 6) is 0.854. The van der Waals surface area contributed by atoms with Gasteiger partial charge in [0, 0.05) is 37.5 Å². The van der Waals surface area contributed by atoms with E-state index in [0.29, 0.717) is 24.2 Å². The molecule has 27 heavy (non-hydrogen) atoms. The lowest BCUT2D eigenvalue weighted by Crippen LogP contribution is -2.45. The van der Waals surface area contributed by atoms with Crippen molar-refractivity contribution in [2.75, 3.05) is 13.6 Å². The van der Waals surface area contributed by atoms with Gasteiger partial charge in [0.2, 0.25) is 0 Å². The molecule has 3 saturated carbocycles. The number of hydrogen-bond acceptors (Lipinski definition) is 3. The van der Waals surface area contributed by atoms with Gasteiger partial charge in [0.05, 0.1) is 5.56 Å². The fraction of sp³-hybridized carbons (Fsp3) is 0.619. The zero-order chi connectivity index (χ0) is 19.2. The zero-order valence-corrected chi connectivity index (χ0v) is 15.6. The zero-order valence-electron chi connectivity index (χ0n) is 15.6. The molecule has 5 rings (SSSR count). The van der Waals surface area contributed by atoms with Gasteiger partial charge in [0.1, 0.15) is 6.23 Å². The normalized spacial score (nSPS) is 28.7. The minimum atomic E-state index is -4.44. The van der Waals surface area contributed by atoms with Gasteiger partial charge in [-0.15, -0.1) is 0 Å². The summed E-state index contributed by atoms with van der Waals surface area (Å²) >= 11 is 0. The minimum Gasteiger partial charge on any atom is -0.376 e. The first-order valence-electron chi connectivity index (χ1n) is 9.80. The van der Waals surface area contributed by atoms with Gasteiger partial charge in [-0.3, -0.25) is 5.32 Å². The van der Waals surface area contributed by atoms with Crippen molar-refractivity contribution in [3.63, 3.8) is 0 Å². The van der Waals surface area contributed by atoms with Crippen molar-refractivity contribution in [3.05, 3.63) is 41.1 Å². The lowest BCUT2D eigenvalue weighted by molar-refractivity contribution is -0.137. The molecule has 1 unspecified atom stereocenters. The number of hydrogen-bond donors (Lipinski definition) is 2. The molecule has 0 aromatic heterocycles. The molecule has 3 aliphatic carbocycles. The molecule has 0 saturated heterocycles. The Morgan fingerprint density at radius 2 is 1.89 bits per heavy atom. The monoisotopic (exact) mass is 380 g/mol. The molecule has 1 atom stereocenters. The number of rotatable bonds is 4. The standard InChI is InChI=1S/C21H27F3N2O/c1-26-11-15-3-2-4-17(21(22,23)24)18(15)16(12-26)19(27)25-13-20-8-5-14(6-9-20)7-10-20/h2-4,12,14,19,25,27H,5-11,13H2,1H3. The van der Waals surface area contributed by atoms with E-state index in [2.05, 4.69) is 5.32 Å². The summed E-state index contributed by atoms with van der Waals surface area (Å²) in [6.45, 7) is 1.06. The van der Waals surface area contributed by atoms with E-state index in [4.69, 9.17) is 0 Å². The maximum Gasteiger partial charge on any atom is 0.417 e. The summed E-state index contributed by atoms with van der Waals surface area (Å²) in [6.07, 6.45) is 3.27. The summed E-state index contributed by atoms with van der Waals surface area (Å²) < 4.78 is 40.7. The van der Waals surface area contributed by atoms with Gasteiger partial charge in [-0.2, -0.15) is 13.2 Å². The minimum absolute atomic E-state index is 0.132. The molecule has 4 aliphatic rings. The van der Waals surface area contributed by atoms with Crippen LogP contribution in [0.3, 0.4) is 0 Å². The third-order valence-electron chi connectivity index (χ3n) is 6.74. The molecule has 6 heteroatoms. The van der Waals surface area contributed by atoms with Crippen molar-refractivity contribution in [1.82, 2.24) is 10.2 Å². The van der Waals surface area contributed by atoms with E-state index < -0.39 is 18.0 Å². The van der Waals surface area contributed by atoms with E-state index in [1.165, 1.54) is 25.3 Å². The second-order valence-corrected chi connectivity index (χ2v) is 8.60. The summed E-state index contributed by atoms with van der Waals surface area (Å²) in [4.78, 5) is 1.83. The molecular formula is C21H27F3N2O. The second kappa shape index (κ2) is 6.82. The van der Waals surface area contributed by atoms with Gasteiger partial charge in [0.25, 0.3) is 0 Å². The molecule has 0 radical (unpaired) electrons. The predicted octanol–water partition coefficient (Wildman–Crippen LogP) is 4.37. The number of benzene rings is 1. The van der Waals surface area contributed by atoms with Crippen molar-refractivity contribution in [2.45, 2.75) is 57.5 Å².